The maximum Gasteiger partial charge on any atom is 0.267 e. The highest BCUT2D eigenvalue weighted by Gasteiger charge is 2.16. The van der Waals surface area contributed by atoms with Crippen molar-refractivity contribution in [1.82, 2.24) is 9.88 Å². The van der Waals surface area contributed by atoms with Gasteiger partial charge in [0.15, 0.2) is 0 Å². The number of carbonyl (C=O) groups is 2. The molecule has 0 aliphatic rings. The maximum atomic E-state index is 12.8. The van der Waals surface area contributed by atoms with Crippen LogP contribution in [0.1, 0.15) is 49.7 Å². The molecule has 0 fully saturated rings. The smallest absolute Gasteiger partial charge is 0.267 e. The van der Waals surface area contributed by atoms with Gasteiger partial charge < -0.3 is 19.9 Å². The number of unbranched alkanes of at least 4 members (excludes halogenated alkanes) is 1. The molecule has 2 aromatic carbocycles. The van der Waals surface area contributed by atoms with E-state index in [0.29, 0.717) is 30.5 Å². The minimum Gasteiger partial charge on any atom is -0.367 e. The lowest BCUT2D eigenvalue weighted by atomic mass is 10.2. The fourth-order valence-electron chi connectivity index (χ4n) is 3.51. The van der Waals surface area contributed by atoms with Gasteiger partial charge in [-0.1, -0.05) is 57.5 Å². The Bertz CT molecular complexity index is 1040. The van der Waals surface area contributed by atoms with Crippen LogP contribution in [0, 0.1) is 5.92 Å². The number of benzene rings is 2. The monoisotopic (exact) mass is 435 g/mol. The van der Waals surface area contributed by atoms with E-state index in [1.165, 1.54) is 0 Å². The van der Waals surface area contributed by atoms with Gasteiger partial charge in [0.05, 0.1) is 6.61 Å². The molecule has 3 rings (SSSR count). The van der Waals surface area contributed by atoms with E-state index in [9.17, 15) is 9.59 Å². The highest BCUT2D eigenvalue weighted by atomic mass is 16.5. The van der Waals surface area contributed by atoms with Gasteiger partial charge >= 0.3 is 0 Å². The van der Waals surface area contributed by atoms with Gasteiger partial charge in [0.2, 0.25) is 5.91 Å². The molecule has 0 aliphatic heterocycles. The zero-order chi connectivity index (χ0) is 22.9. The number of hydrogen-bond donors (Lipinski definition) is 2. The van der Waals surface area contributed by atoms with Crippen molar-refractivity contribution in [2.45, 2.75) is 46.8 Å². The minimum atomic E-state index is -0.208. The Morgan fingerprint density at radius 1 is 1.06 bits per heavy atom. The molecule has 6 nitrogen and oxygen atoms in total. The third kappa shape index (κ3) is 6.44. The first kappa shape index (κ1) is 23.5. The van der Waals surface area contributed by atoms with Gasteiger partial charge in [-0.15, -0.1) is 0 Å². The SMILES string of the molecule is CCCCn1c(C(=O)NCC(C)C)cc2cc(NC(=O)COCc3ccccc3)ccc21. The average molecular weight is 436 g/mol. The van der Waals surface area contributed by atoms with E-state index in [-0.39, 0.29) is 18.4 Å². The quantitative estimate of drug-likeness (QED) is 0.446. The second kappa shape index (κ2) is 11.5. The summed E-state index contributed by atoms with van der Waals surface area (Å²) in [7, 11) is 0. The standard InChI is InChI=1S/C26H33N3O3/c1-4-5-13-29-23-12-11-22(14-21(23)15-24(29)26(31)27-16-19(2)3)28-25(30)18-32-17-20-9-7-6-8-10-20/h6-12,14-15,19H,4-5,13,16-18H2,1-3H3,(H,27,31)(H,28,30). The Kier molecular flexibility index (Phi) is 8.45. The lowest BCUT2D eigenvalue weighted by molar-refractivity contribution is -0.121. The van der Waals surface area contributed by atoms with E-state index >= 15 is 0 Å². The third-order valence-electron chi connectivity index (χ3n) is 5.17. The van der Waals surface area contributed by atoms with Gasteiger partial charge in [-0.2, -0.15) is 0 Å². The van der Waals surface area contributed by atoms with Gasteiger partial charge in [0.25, 0.3) is 5.91 Å². The molecule has 0 saturated heterocycles. The van der Waals surface area contributed by atoms with Crippen molar-refractivity contribution in [3.8, 4) is 0 Å². The second-order valence-corrected chi connectivity index (χ2v) is 8.44. The van der Waals surface area contributed by atoms with Gasteiger partial charge in [-0.3, -0.25) is 9.59 Å². The van der Waals surface area contributed by atoms with Crippen LogP contribution in [0.2, 0.25) is 0 Å². The molecule has 0 bridgehead atoms. The molecule has 2 N–H and O–H groups in total. The van der Waals surface area contributed by atoms with Crippen LogP contribution in [0.5, 0.6) is 0 Å². The lowest BCUT2D eigenvalue weighted by Crippen LogP contribution is -2.29. The molecular weight excluding hydrogens is 402 g/mol. The highest BCUT2D eigenvalue weighted by molar-refractivity contribution is 6.00. The number of nitrogens with zero attached hydrogens (tertiary/aromatic N) is 1. The number of aryl methyl sites for hydroxylation is 1. The molecule has 170 valence electrons. The first-order chi connectivity index (χ1) is 15.5. The van der Waals surface area contributed by atoms with Gasteiger partial charge in [0, 0.05) is 29.7 Å². The number of amides is 2. The zero-order valence-electron chi connectivity index (χ0n) is 19.2. The van der Waals surface area contributed by atoms with E-state index in [1.807, 2.05) is 54.6 Å². The number of hydrogen-bond acceptors (Lipinski definition) is 3. The molecule has 6 heteroatoms. The molecule has 1 heterocycles. The summed E-state index contributed by atoms with van der Waals surface area (Å²) in [5.41, 5.74) is 3.36. The highest BCUT2D eigenvalue weighted by Crippen LogP contribution is 2.24. The molecule has 0 atom stereocenters. The third-order valence-corrected chi connectivity index (χ3v) is 5.17. The van der Waals surface area contributed by atoms with Gasteiger partial charge in [0.1, 0.15) is 12.3 Å². The van der Waals surface area contributed by atoms with E-state index in [2.05, 4.69) is 36.0 Å². The molecule has 0 aliphatic carbocycles. The normalized spacial score (nSPS) is 11.1. The Balaban J connectivity index is 1.69. The number of nitrogens with one attached hydrogen (secondary N) is 2. The summed E-state index contributed by atoms with van der Waals surface area (Å²) in [5, 5.41) is 6.83. The second-order valence-electron chi connectivity index (χ2n) is 8.44. The summed E-state index contributed by atoms with van der Waals surface area (Å²) in [4.78, 5) is 25.1. The van der Waals surface area contributed by atoms with E-state index < -0.39 is 0 Å². The lowest BCUT2D eigenvalue weighted by Gasteiger charge is -2.12. The van der Waals surface area contributed by atoms with Crippen molar-refractivity contribution >= 4 is 28.4 Å². The first-order valence-electron chi connectivity index (χ1n) is 11.3. The number of fused-ring (bicyclic) bond motifs is 1. The summed E-state index contributed by atoms with van der Waals surface area (Å²) < 4.78 is 7.59. The van der Waals surface area contributed by atoms with Crippen LogP contribution in [0.15, 0.2) is 54.6 Å². The van der Waals surface area contributed by atoms with Crippen LogP contribution in [-0.4, -0.2) is 29.5 Å². The minimum absolute atomic E-state index is 0.0205. The molecule has 32 heavy (non-hydrogen) atoms. The number of aromatic nitrogens is 1. The van der Waals surface area contributed by atoms with Crippen molar-refractivity contribution in [2.24, 2.45) is 5.92 Å². The molecule has 3 aromatic rings. The topological polar surface area (TPSA) is 72.4 Å². The Hall–Kier alpha value is -3.12. The Morgan fingerprint density at radius 3 is 2.56 bits per heavy atom. The van der Waals surface area contributed by atoms with E-state index in [0.717, 1.165) is 35.9 Å². The first-order valence-corrected chi connectivity index (χ1v) is 11.3. The van der Waals surface area contributed by atoms with Crippen molar-refractivity contribution in [3.05, 3.63) is 65.9 Å². The zero-order valence-corrected chi connectivity index (χ0v) is 19.2. The maximum absolute atomic E-state index is 12.8. The summed E-state index contributed by atoms with van der Waals surface area (Å²) >= 11 is 0. The Labute approximate surface area is 190 Å². The molecule has 0 spiro atoms. The van der Waals surface area contributed by atoms with Crippen LogP contribution < -0.4 is 10.6 Å². The van der Waals surface area contributed by atoms with Crippen molar-refractivity contribution in [2.75, 3.05) is 18.5 Å². The fourth-order valence-corrected chi connectivity index (χ4v) is 3.51. The van der Waals surface area contributed by atoms with Crippen LogP contribution in [0.4, 0.5) is 5.69 Å². The van der Waals surface area contributed by atoms with E-state index in [4.69, 9.17) is 4.74 Å². The van der Waals surface area contributed by atoms with Crippen LogP contribution in [0.25, 0.3) is 10.9 Å². The molecule has 0 unspecified atom stereocenters. The fraction of sp³-hybridized carbons (Fsp3) is 0.385. The number of ether oxygens (including phenoxy) is 1. The van der Waals surface area contributed by atoms with Crippen LogP contribution in [0.3, 0.4) is 0 Å². The number of rotatable bonds is 11. The molecule has 0 saturated carbocycles. The van der Waals surface area contributed by atoms with Crippen LogP contribution >= 0.6 is 0 Å². The number of carbonyl (C=O) groups excluding carboxylic acids is 2. The molecule has 1 aromatic heterocycles. The van der Waals surface area contributed by atoms with Crippen molar-refractivity contribution < 1.29 is 14.3 Å². The van der Waals surface area contributed by atoms with Gasteiger partial charge in [-0.25, -0.2) is 0 Å². The van der Waals surface area contributed by atoms with Crippen molar-refractivity contribution in [1.29, 1.82) is 0 Å². The van der Waals surface area contributed by atoms with Crippen LogP contribution in [-0.2, 0) is 22.7 Å². The molecule has 0 radical (unpaired) electrons. The molecule has 2 amide bonds. The van der Waals surface area contributed by atoms with E-state index in [1.54, 1.807) is 0 Å². The summed E-state index contributed by atoms with van der Waals surface area (Å²) in [6.45, 7) is 8.08. The number of anilines is 1. The Morgan fingerprint density at radius 2 is 1.84 bits per heavy atom. The predicted octanol–water partition coefficient (Wildman–Crippen LogP) is 4.98. The largest absolute Gasteiger partial charge is 0.367 e. The molecular formula is C26H33N3O3. The summed E-state index contributed by atoms with van der Waals surface area (Å²) in [6.07, 6.45) is 2.04. The average Bonchev–Trinajstić information content (AvgIpc) is 3.14. The summed E-state index contributed by atoms with van der Waals surface area (Å²) in [5.74, 6) is 0.116. The predicted molar refractivity (Wildman–Crippen MR) is 129 cm³/mol. The van der Waals surface area contributed by atoms with Gasteiger partial charge in [-0.05, 0) is 42.2 Å². The summed E-state index contributed by atoms with van der Waals surface area (Å²) in [6, 6.07) is 17.4. The van der Waals surface area contributed by atoms with Crippen molar-refractivity contribution in [3.63, 3.8) is 0 Å².